The van der Waals surface area contributed by atoms with Crippen LogP contribution in [0.2, 0.25) is 0 Å². The minimum Gasteiger partial charge on any atom is -0.368 e. The van der Waals surface area contributed by atoms with E-state index in [0.29, 0.717) is 22.3 Å². The van der Waals surface area contributed by atoms with E-state index in [1.807, 2.05) is 6.92 Å². The lowest BCUT2D eigenvalue weighted by Crippen LogP contribution is -2.31. The van der Waals surface area contributed by atoms with Crippen molar-refractivity contribution in [2.45, 2.75) is 31.3 Å². The molecule has 1 fully saturated rings. The van der Waals surface area contributed by atoms with Gasteiger partial charge in [-0.05, 0) is 52.9 Å². The highest BCUT2D eigenvalue weighted by Gasteiger charge is 2.31. The van der Waals surface area contributed by atoms with Crippen LogP contribution in [-0.4, -0.2) is 27.0 Å². The molecule has 1 aliphatic heterocycles. The minimum atomic E-state index is -3.79. The predicted octanol–water partition coefficient (Wildman–Crippen LogP) is 1.77. The summed E-state index contributed by atoms with van der Waals surface area (Å²) in [6.07, 6.45) is 0.373. The van der Waals surface area contributed by atoms with Crippen molar-refractivity contribution < 1.29 is 17.9 Å². The molecule has 3 N–H and O–H groups in total. The van der Waals surface area contributed by atoms with Crippen molar-refractivity contribution in [3.05, 3.63) is 22.2 Å². The van der Waals surface area contributed by atoms with Crippen LogP contribution in [0.5, 0.6) is 0 Å². The maximum atomic E-state index is 12.2. The predicted molar refractivity (Wildman–Crippen MR) is 82.4 cm³/mol. The summed E-state index contributed by atoms with van der Waals surface area (Å²) in [4.78, 5) is 12.2. The quantitative estimate of drug-likeness (QED) is 0.839. The van der Waals surface area contributed by atoms with Gasteiger partial charge in [0.15, 0.2) is 0 Å². The van der Waals surface area contributed by atoms with Gasteiger partial charge < -0.3 is 10.1 Å². The number of hydrogen-bond donors (Lipinski definition) is 2. The number of rotatable bonds is 3. The zero-order valence-electron chi connectivity index (χ0n) is 11.7. The van der Waals surface area contributed by atoms with Crippen LogP contribution in [0.3, 0.4) is 0 Å². The highest BCUT2D eigenvalue weighted by molar-refractivity contribution is 9.10. The number of sulfonamides is 1. The Hall–Kier alpha value is -0.960. The van der Waals surface area contributed by atoms with E-state index in [1.165, 1.54) is 6.07 Å². The van der Waals surface area contributed by atoms with Gasteiger partial charge in [0.1, 0.15) is 6.10 Å². The van der Waals surface area contributed by atoms with Gasteiger partial charge in [0.05, 0.1) is 10.6 Å². The summed E-state index contributed by atoms with van der Waals surface area (Å²) in [6.45, 7) is 4.15. The zero-order chi connectivity index (χ0) is 15.8. The lowest BCUT2D eigenvalue weighted by Gasteiger charge is -2.16. The number of hydrogen-bond acceptors (Lipinski definition) is 4. The Kier molecular flexibility index (Phi) is 4.72. The lowest BCUT2D eigenvalue weighted by molar-refractivity contribution is -0.126. The van der Waals surface area contributed by atoms with E-state index >= 15 is 0 Å². The largest absolute Gasteiger partial charge is 0.368 e. The number of nitrogens with one attached hydrogen (secondary N) is 1. The fourth-order valence-corrected chi connectivity index (χ4v) is 3.68. The van der Waals surface area contributed by atoms with Crippen LogP contribution in [0.1, 0.15) is 18.9 Å². The molecule has 1 heterocycles. The van der Waals surface area contributed by atoms with E-state index < -0.39 is 16.1 Å². The SMILES string of the molecule is Cc1cc(NC(=O)C2OCCC2C)c(Br)cc1S(N)(=O)=O. The number of nitrogens with two attached hydrogens (primary N) is 1. The Morgan fingerprint density at radius 1 is 1.48 bits per heavy atom. The molecule has 1 amide bonds. The Morgan fingerprint density at radius 2 is 2.14 bits per heavy atom. The average molecular weight is 377 g/mol. The Morgan fingerprint density at radius 3 is 2.67 bits per heavy atom. The lowest BCUT2D eigenvalue weighted by atomic mass is 10.0. The van der Waals surface area contributed by atoms with E-state index in [9.17, 15) is 13.2 Å². The summed E-state index contributed by atoms with van der Waals surface area (Å²) in [6, 6.07) is 2.96. The second kappa shape index (κ2) is 6.04. The Labute approximate surface area is 132 Å². The van der Waals surface area contributed by atoms with Crippen LogP contribution >= 0.6 is 15.9 Å². The van der Waals surface area contributed by atoms with E-state index in [4.69, 9.17) is 9.88 Å². The molecule has 0 bridgehead atoms. The highest BCUT2D eigenvalue weighted by Crippen LogP contribution is 2.29. The van der Waals surface area contributed by atoms with Gasteiger partial charge in [0, 0.05) is 11.1 Å². The zero-order valence-corrected chi connectivity index (χ0v) is 14.1. The number of halogens is 1. The number of ether oxygens (including phenoxy) is 1. The van der Waals surface area contributed by atoms with Crippen LogP contribution in [0, 0.1) is 12.8 Å². The van der Waals surface area contributed by atoms with Gasteiger partial charge in [-0.3, -0.25) is 4.79 Å². The van der Waals surface area contributed by atoms with Crippen molar-refractivity contribution in [2.24, 2.45) is 11.1 Å². The second-order valence-corrected chi connectivity index (χ2v) is 7.57. The van der Waals surface area contributed by atoms with Crippen LogP contribution in [0.25, 0.3) is 0 Å². The fourth-order valence-electron chi connectivity index (χ4n) is 2.30. The molecular weight excluding hydrogens is 360 g/mol. The van der Waals surface area contributed by atoms with Crippen LogP contribution < -0.4 is 10.5 Å². The molecule has 0 aliphatic carbocycles. The standard InChI is InChI=1S/C13H17BrN2O4S/c1-7-3-4-20-12(7)13(17)16-10-5-8(2)11(6-9(10)14)21(15,18)19/h5-7,12H,3-4H2,1-2H3,(H,16,17)(H2,15,18,19). The molecule has 1 aromatic rings. The van der Waals surface area contributed by atoms with Crippen molar-refractivity contribution in [1.82, 2.24) is 0 Å². The number of primary sulfonamides is 1. The second-order valence-electron chi connectivity index (χ2n) is 5.19. The van der Waals surface area contributed by atoms with E-state index in [1.54, 1.807) is 13.0 Å². The molecule has 116 valence electrons. The molecule has 1 aliphatic rings. The topological polar surface area (TPSA) is 98.5 Å². The summed E-state index contributed by atoms with van der Waals surface area (Å²) in [5.41, 5.74) is 0.962. The summed E-state index contributed by atoms with van der Waals surface area (Å²) in [5.74, 6) is -0.0722. The average Bonchev–Trinajstić information content (AvgIpc) is 2.78. The highest BCUT2D eigenvalue weighted by atomic mass is 79.9. The summed E-state index contributed by atoms with van der Waals surface area (Å²) < 4.78 is 28.7. The first kappa shape index (κ1) is 16.4. The fraction of sp³-hybridized carbons (Fsp3) is 0.462. The molecule has 0 spiro atoms. The van der Waals surface area contributed by atoms with Gasteiger partial charge in [-0.15, -0.1) is 0 Å². The number of carbonyl (C=O) groups is 1. The van der Waals surface area contributed by atoms with Crippen LogP contribution in [0.4, 0.5) is 5.69 Å². The summed E-state index contributed by atoms with van der Waals surface area (Å²) >= 11 is 3.25. The molecule has 1 saturated heterocycles. The van der Waals surface area contributed by atoms with Crippen molar-refractivity contribution in [2.75, 3.05) is 11.9 Å². The first-order chi connectivity index (χ1) is 9.70. The monoisotopic (exact) mass is 376 g/mol. The molecule has 2 atom stereocenters. The third-order valence-electron chi connectivity index (χ3n) is 3.47. The maximum Gasteiger partial charge on any atom is 0.253 e. The summed E-state index contributed by atoms with van der Waals surface area (Å²) in [5, 5.41) is 7.90. The molecule has 8 heteroatoms. The van der Waals surface area contributed by atoms with Crippen LogP contribution in [-0.2, 0) is 19.6 Å². The molecular formula is C13H17BrN2O4S. The van der Waals surface area contributed by atoms with Crippen molar-refractivity contribution in [3.63, 3.8) is 0 Å². The number of carbonyl (C=O) groups excluding carboxylic acids is 1. The van der Waals surface area contributed by atoms with Crippen molar-refractivity contribution in [1.29, 1.82) is 0 Å². The molecule has 0 radical (unpaired) electrons. The number of anilines is 1. The van der Waals surface area contributed by atoms with E-state index in [0.717, 1.165) is 6.42 Å². The van der Waals surface area contributed by atoms with Crippen molar-refractivity contribution >= 4 is 37.5 Å². The maximum absolute atomic E-state index is 12.2. The molecule has 2 unspecified atom stereocenters. The molecule has 2 rings (SSSR count). The van der Waals surface area contributed by atoms with Crippen molar-refractivity contribution in [3.8, 4) is 0 Å². The molecule has 6 nitrogen and oxygen atoms in total. The van der Waals surface area contributed by atoms with Gasteiger partial charge in [0.2, 0.25) is 10.0 Å². The molecule has 21 heavy (non-hydrogen) atoms. The molecule has 0 saturated carbocycles. The minimum absolute atomic E-state index is 0.0258. The smallest absolute Gasteiger partial charge is 0.253 e. The van der Waals surface area contributed by atoms with Gasteiger partial charge in [-0.25, -0.2) is 13.6 Å². The number of aryl methyl sites for hydroxylation is 1. The normalized spacial score (nSPS) is 22.3. The van der Waals surface area contributed by atoms with E-state index in [-0.39, 0.29) is 16.7 Å². The number of amides is 1. The third-order valence-corrected chi connectivity index (χ3v) is 5.18. The number of benzene rings is 1. The molecule has 1 aromatic carbocycles. The van der Waals surface area contributed by atoms with Gasteiger partial charge in [-0.1, -0.05) is 6.92 Å². The first-order valence-corrected chi connectivity index (χ1v) is 8.79. The Bertz CT molecular complexity index is 675. The van der Waals surface area contributed by atoms with Gasteiger partial charge in [-0.2, -0.15) is 0 Å². The van der Waals surface area contributed by atoms with E-state index in [2.05, 4.69) is 21.2 Å². The first-order valence-electron chi connectivity index (χ1n) is 6.45. The third kappa shape index (κ3) is 3.63. The van der Waals surface area contributed by atoms with Gasteiger partial charge in [0.25, 0.3) is 5.91 Å². The molecule has 0 aromatic heterocycles. The van der Waals surface area contributed by atoms with Crippen LogP contribution in [0.15, 0.2) is 21.5 Å². The Balaban J connectivity index is 2.25. The van der Waals surface area contributed by atoms with Gasteiger partial charge >= 0.3 is 0 Å². The summed E-state index contributed by atoms with van der Waals surface area (Å²) in [7, 11) is -3.79.